The second kappa shape index (κ2) is 16.3. The van der Waals surface area contributed by atoms with Crippen molar-refractivity contribution in [3.63, 3.8) is 0 Å². The molecule has 0 bridgehead atoms. The molecular weight excluding hydrogens is 728 g/mol. The Morgan fingerprint density at radius 1 is 1.02 bits per heavy atom. The Morgan fingerprint density at radius 2 is 1.75 bits per heavy atom. The first kappa shape index (κ1) is 41.3. The van der Waals surface area contributed by atoms with Gasteiger partial charge in [0.15, 0.2) is 5.96 Å². The zero-order chi connectivity index (χ0) is 40.5. The van der Waals surface area contributed by atoms with Gasteiger partial charge in [-0.3, -0.25) is 19.4 Å². The summed E-state index contributed by atoms with van der Waals surface area (Å²) < 4.78 is 23.7. The van der Waals surface area contributed by atoms with Crippen molar-refractivity contribution < 1.29 is 52.8 Å². The highest BCUT2D eigenvalue weighted by molar-refractivity contribution is 5.83. The van der Waals surface area contributed by atoms with Crippen LogP contribution in [-0.4, -0.2) is 88.4 Å². The molecule has 16 heteroatoms. The van der Waals surface area contributed by atoms with Crippen molar-refractivity contribution >= 4 is 36.1 Å². The van der Waals surface area contributed by atoms with Crippen LogP contribution in [0.2, 0.25) is 0 Å². The Kier molecular flexibility index (Phi) is 12.0. The minimum Gasteiger partial charge on any atom is -0.480 e. The lowest BCUT2D eigenvalue weighted by molar-refractivity contribution is -0.223. The van der Waals surface area contributed by atoms with Crippen LogP contribution in [0.1, 0.15) is 122 Å². The molecule has 1 spiro atoms. The van der Waals surface area contributed by atoms with E-state index in [2.05, 4.69) is 17.2 Å². The van der Waals surface area contributed by atoms with Crippen molar-refractivity contribution in [2.75, 3.05) is 6.54 Å². The fourth-order valence-corrected chi connectivity index (χ4v) is 11.3. The molecule has 0 radical (unpaired) electrons. The fourth-order valence-electron chi connectivity index (χ4n) is 11.3. The van der Waals surface area contributed by atoms with Crippen LogP contribution in [0.3, 0.4) is 0 Å². The molecule has 5 aliphatic rings. The number of carboxylic acids is 1. The predicted molar refractivity (Wildman–Crippen MR) is 199 cm³/mol. The van der Waals surface area contributed by atoms with Gasteiger partial charge in [-0.05, 0) is 87.7 Å². The molecule has 0 unspecified atom stereocenters. The molecule has 11 atom stereocenters. The molecule has 1 aromatic heterocycles. The number of hydrogen-bond donors (Lipinski definition) is 5. The monoisotopic (exact) mass is 784 g/mol. The van der Waals surface area contributed by atoms with Crippen LogP contribution in [0, 0.1) is 22.7 Å². The third-order valence-corrected chi connectivity index (χ3v) is 13.8. The smallest absolute Gasteiger partial charge is 0.335 e. The molecule has 1 amide bonds. The van der Waals surface area contributed by atoms with Crippen LogP contribution < -0.4 is 22.4 Å². The fraction of sp³-hybridized carbons (Fsp3) is 0.725. The number of amides is 1. The third kappa shape index (κ3) is 7.58. The Bertz CT molecular complexity index is 1740. The van der Waals surface area contributed by atoms with E-state index in [4.69, 9.17) is 30.1 Å². The van der Waals surface area contributed by atoms with E-state index < -0.39 is 64.0 Å². The number of carbonyl (C=O) groups is 5. The summed E-state index contributed by atoms with van der Waals surface area (Å²) in [4.78, 5) is 78.0. The molecule has 6 rings (SSSR count). The first-order chi connectivity index (χ1) is 26.6. The van der Waals surface area contributed by atoms with Crippen LogP contribution in [-0.2, 0) is 38.2 Å². The number of unbranched alkanes of at least 4 members (excludes halogenated alkanes) is 3. The number of ether oxygens (including phenoxy) is 3. The number of nitrogens with zero attached hydrogens (tertiary/aromatic N) is 1. The normalized spacial score (nSPS) is 35.6. The van der Waals surface area contributed by atoms with Crippen LogP contribution in [0.4, 0.5) is 0 Å². The zero-order valence-electron chi connectivity index (χ0n) is 32.2. The van der Waals surface area contributed by atoms with E-state index in [0.29, 0.717) is 70.6 Å². The molecule has 7 N–H and O–H groups in total. The number of guanidine groups is 1. The average Bonchev–Trinajstić information content (AvgIpc) is 3.84. The van der Waals surface area contributed by atoms with Gasteiger partial charge in [0.1, 0.15) is 36.2 Å². The Balaban J connectivity index is 0.997. The molecule has 56 heavy (non-hydrogen) atoms. The molecule has 16 nitrogen and oxygen atoms in total. The molecule has 1 aliphatic heterocycles. The lowest BCUT2D eigenvalue weighted by Crippen LogP contribution is -2.67. The molecule has 1 saturated heterocycles. The molecule has 4 aliphatic carbocycles. The lowest BCUT2D eigenvalue weighted by Gasteiger charge is -2.62. The second-order valence-electron chi connectivity index (χ2n) is 16.8. The number of epoxide rings is 1. The van der Waals surface area contributed by atoms with Crippen molar-refractivity contribution in [3.8, 4) is 0 Å². The highest BCUT2D eigenvalue weighted by Crippen LogP contribution is 2.78. The topological polar surface area (TPSA) is 263 Å². The largest absolute Gasteiger partial charge is 0.480 e. The van der Waals surface area contributed by atoms with Crippen LogP contribution >= 0.6 is 0 Å². The summed E-state index contributed by atoms with van der Waals surface area (Å²) in [7, 11) is 0. The third-order valence-electron chi connectivity index (χ3n) is 13.8. The van der Waals surface area contributed by atoms with Crippen molar-refractivity contribution in [2.24, 2.45) is 39.1 Å². The van der Waals surface area contributed by atoms with Gasteiger partial charge in [-0.15, -0.1) is 0 Å². The number of rotatable bonds is 17. The molecule has 308 valence electrons. The average molecular weight is 785 g/mol. The minimum atomic E-state index is -1.36. The van der Waals surface area contributed by atoms with Crippen molar-refractivity contribution in [3.05, 3.63) is 34.4 Å². The summed E-state index contributed by atoms with van der Waals surface area (Å²) in [6.45, 7) is 3.78. The van der Waals surface area contributed by atoms with Crippen LogP contribution in [0.5, 0.6) is 0 Å². The van der Waals surface area contributed by atoms with Crippen molar-refractivity contribution in [2.45, 2.75) is 152 Å². The van der Waals surface area contributed by atoms with E-state index in [1.807, 2.05) is 0 Å². The zero-order valence-corrected chi connectivity index (χ0v) is 32.2. The number of aldehydes is 1. The molecule has 5 fully saturated rings. The second-order valence-corrected chi connectivity index (χ2v) is 16.8. The van der Waals surface area contributed by atoms with E-state index in [0.717, 1.165) is 11.8 Å². The summed E-state index contributed by atoms with van der Waals surface area (Å²) in [6.07, 6.45) is 7.42. The quantitative estimate of drug-likeness (QED) is 0.0380. The van der Waals surface area contributed by atoms with Gasteiger partial charge in [0, 0.05) is 50.1 Å². The summed E-state index contributed by atoms with van der Waals surface area (Å²) in [5, 5.41) is 24.3. The van der Waals surface area contributed by atoms with E-state index in [1.165, 1.54) is 19.3 Å². The van der Waals surface area contributed by atoms with Gasteiger partial charge in [-0.2, -0.15) is 0 Å². The summed E-state index contributed by atoms with van der Waals surface area (Å²) in [5.74, 6) is -2.92. The van der Waals surface area contributed by atoms with E-state index in [1.54, 1.807) is 6.07 Å². The van der Waals surface area contributed by atoms with Gasteiger partial charge in [0.25, 0.3) is 0 Å². The van der Waals surface area contributed by atoms with Gasteiger partial charge in [0.2, 0.25) is 5.91 Å². The van der Waals surface area contributed by atoms with Crippen molar-refractivity contribution in [1.29, 1.82) is 0 Å². The number of aliphatic hydroxyl groups is 1. The number of aliphatic imine (C=N–C) groups is 1. The van der Waals surface area contributed by atoms with E-state index >= 15 is 0 Å². The maximum atomic E-state index is 13.3. The van der Waals surface area contributed by atoms with Crippen LogP contribution in [0.25, 0.3) is 0 Å². The highest BCUT2D eigenvalue weighted by Gasteiger charge is 2.85. The maximum Gasteiger partial charge on any atom is 0.335 e. The lowest BCUT2D eigenvalue weighted by atomic mass is 9.42. The first-order valence-electron chi connectivity index (χ1n) is 20.0. The van der Waals surface area contributed by atoms with Gasteiger partial charge in [-0.25, -0.2) is 9.59 Å². The Hall–Kier alpha value is -4.31. The Morgan fingerprint density at radius 3 is 2.41 bits per heavy atom. The SMILES string of the molecule is CC(=O)O[C@H]1[C@H]2O[C@]23[C@@H]2CC[C@]4(O)C[C@@H](OC(=O)CCCCCCC(=O)N[C@@H](CCCN=C(N)N)C(=O)O)CC[C@]4(C=O)[C@H]2CC[C@]3(C)[C@H]1c1ccc(=O)oc1. The molecule has 1 aromatic rings. The molecule has 2 heterocycles. The number of nitrogens with two attached hydrogens (primary N) is 2. The standard InChI is InChI=1S/C40H56N4O12/c1-23(46)54-33-32(24-11-12-30(48)53-21-24)37(2)16-14-26-27(40(37)34(33)56-40)15-18-39(52)20-25(13-17-38(26,39)22-45)55-31(49)10-6-4-3-5-9-29(47)44-28(35(50)51)8-7-19-43-36(41)42/h11-12,21-22,25-28,32-34,52H,3-10,13-20H2,1-2H3,(H,44,47)(H,50,51)(H4,41,42,43)/t25-,26-,27+,28-,32-,33+,34+,37+,38-,39-,40+/m0/s1. The number of carbonyl (C=O) groups excluding carboxylic acids is 4. The number of carboxylic acid groups (broad SMARTS) is 1. The Labute approximate surface area is 325 Å². The van der Waals surface area contributed by atoms with E-state index in [9.17, 15) is 39.0 Å². The minimum absolute atomic E-state index is 0.0772. The number of nitrogens with one attached hydrogen (secondary N) is 1. The highest BCUT2D eigenvalue weighted by atomic mass is 16.7. The number of hydrogen-bond acceptors (Lipinski definition) is 12. The summed E-state index contributed by atoms with van der Waals surface area (Å²) >= 11 is 0. The summed E-state index contributed by atoms with van der Waals surface area (Å²) in [6, 6.07) is 2.07. The molecule has 0 aromatic carbocycles. The maximum absolute atomic E-state index is 13.3. The first-order valence-corrected chi connectivity index (χ1v) is 20.0. The van der Waals surface area contributed by atoms with Crippen molar-refractivity contribution in [1.82, 2.24) is 5.32 Å². The number of aliphatic carboxylic acids is 1. The number of esters is 2. The molecule has 4 saturated carbocycles. The van der Waals surface area contributed by atoms with Gasteiger partial charge in [0.05, 0.1) is 17.3 Å². The van der Waals surface area contributed by atoms with Crippen LogP contribution in [0.15, 0.2) is 32.6 Å². The predicted octanol–water partition coefficient (Wildman–Crippen LogP) is 2.61. The van der Waals surface area contributed by atoms with Gasteiger partial charge in [-0.1, -0.05) is 19.8 Å². The van der Waals surface area contributed by atoms with E-state index in [-0.39, 0.29) is 67.8 Å². The number of fused-ring (bicyclic) bond motifs is 3. The van der Waals surface area contributed by atoms with Gasteiger partial charge < -0.3 is 50.4 Å². The van der Waals surface area contributed by atoms with Gasteiger partial charge >= 0.3 is 23.5 Å². The summed E-state index contributed by atoms with van der Waals surface area (Å²) in [5.41, 5.74) is 7.26. The molecular formula is C40H56N4O12.